The fourth-order valence-corrected chi connectivity index (χ4v) is 3.90. The Hall–Kier alpha value is -2.41. The minimum absolute atomic E-state index is 0.140. The highest BCUT2D eigenvalue weighted by molar-refractivity contribution is 5.92. The van der Waals surface area contributed by atoms with E-state index in [0.717, 1.165) is 11.1 Å². The maximum absolute atomic E-state index is 8.63. The summed E-state index contributed by atoms with van der Waals surface area (Å²) in [6.07, 6.45) is 2.09. The first-order valence-electron chi connectivity index (χ1n) is 8.62. The van der Waals surface area contributed by atoms with E-state index in [0.29, 0.717) is 6.04 Å². The first-order valence-corrected chi connectivity index (χ1v) is 8.12. The summed E-state index contributed by atoms with van der Waals surface area (Å²) in [6.45, 7) is 6.59. The van der Waals surface area contributed by atoms with Crippen molar-refractivity contribution in [3.8, 4) is 22.4 Å². The van der Waals surface area contributed by atoms with Crippen LogP contribution in [0.2, 0.25) is 0 Å². The van der Waals surface area contributed by atoms with Gasteiger partial charge in [-0.05, 0) is 35.2 Å². The Labute approximate surface area is 139 Å². The molecule has 1 aliphatic carbocycles. The number of pyridine rings is 1. The Morgan fingerprint density at radius 2 is 1.65 bits per heavy atom. The molecule has 1 heterocycles. The molecule has 0 saturated carbocycles. The molecule has 2 aromatic carbocycles. The van der Waals surface area contributed by atoms with Crippen LogP contribution in [0.3, 0.4) is 0 Å². The van der Waals surface area contributed by atoms with Crippen LogP contribution in [0.1, 0.15) is 31.9 Å². The predicted molar refractivity (Wildman–Crippen MR) is 95.4 cm³/mol. The second kappa shape index (κ2) is 4.79. The van der Waals surface area contributed by atoms with Gasteiger partial charge in [0.15, 0.2) is 6.20 Å². The summed E-state index contributed by atoms with van der Waals surface area (Å²) in [4.78, 5) is 0. The van der Waals surface area contributed by atoms with Crippen LogP contribution < -0.4 is 4.57 Å². The topological polar surface area (TPSA) is 3.88 Å². The second-order valence-electron chi connectivity index (χ2n) is 6.96. The Morgan fingerprint density at radius 1 is 0.913 bits per heavy atom. The monoisotopic (exact) mass is 301 g/mol. The molecule has 0 N–H and O–H groups in total. The summed E-state index contributed by atoms with van der Waals surface area (Å²) in [5, 5.41) is 0. The molecule has 0 spiro atoms. The van der Waals surface area contributed by atoms with Crippen molar-refractivity contribution in [2.45, 2.75) is 26.2 Å². The maximum atomic E-state index is 8.63. The Morgan fingerprint density at radius 3 is 2.43 bits per heavy atom. The molecule has 3 aromatic rings. The predicted octanol–water partition coefficient (Wildman–Crippen LogP) is 4.79. The standard InChI is InChI=1S/C22H22N/c1-15-12-13-18-21(20(15)19-11-7-8-14-23(19)4)16-9-5-6-10-17(16)22(18,2)3/h5-14H,1-4H3/q+1/i13D. The number of benzene rings is 2. The van der Waals surface area contributed by atoms with E-state index in [-0.39, 0.29) is 5.41 Å². The number of fused-ring (bicyclic) bond motifs is 3. The van der Waals surface area contributed by atoms with Crippen LogP contribution >= 0.6 is 0 Å². The molecule has 0 saturated heterocycles. The fraction of sp³-hybridized carbons (Fsp3) is 0.227. The lowest BCUT2D eigenvalue weighted by Gasteiger charge is -2.21. The van der Waals surface area contributed by atoms with E-state index < -0.39 is 0 Å². The highest BCUT2D eigenvalue weighted by atomic mass is 14.9. The van der Waals surface area contributed by atoms with Gasteiger partial charge in [0.2, 0.25) is 5.69 Å². The summed E-state index contributed by atoms with van der Waals surface area (Å²) >= 11 is 0. The quantitative estimate of drug-likeness (QED) is 0.569. The van der Waals surface area contributed by atoms with E-state index >= 15 is 0 Å². The average Bonchev–Trinajstić information content (AvgIpc) is 2.78. The lowest BCUT2D eigenvalue weighted by Crippen LogP contribution is -2.30. The molecular formula is C22H22N+. The molecule has 23 heavy (non-hydrogen) atoms. The molecule has 1 aliphatic rings. The van der Waals surface area contributed by atoms with E-state index in [4.69, 9.17) is 1.37 Å². The van der Waals surface area contributed by atoms with Crippen molar-refractivity contribution in [3.63, 3.8) is 0 Å². The van der Waals surface area contributed by atoms with E-state index in [1.165, 1.54) is 27.9 Å². The van der Waals surface area contributed by atoms with Crippen molar-refractivity contribution in [3.05, 3.63) is 77.5 Å². The van der Waals surface area contributed by atoms with Gasteiger partial charge in [-0.25, -0.2) is 4.57 Å². The highest BCUT2D eigenvalue weighted by Crippen LogP contribution is 2.52. The van der Waals surface area contributed by atoms with Crippen LogP contribution in [-0.4, -0.2) is 0 Å². The molecule has 4 rings (SSSR count). The number of aryl methyl sites for hydroxylation is 2. The lowest BCUT2D eigenvalue weighted by atomic mass is 9.81. The molecule has 0 amide bonds. The van der Waals surface area contributed by atoms with Gasteiger partial charge in [0.25, 0.3) is 0 Å². The summed E-state index contributed by atoms with van der Waals surface area (Å²) in [5.41, 5.74) is 8.44. The molecule has 1 aromatic heterocycles. The van der Waals surface area contributed by atoms with Gasteiger partial charge in [-0.3, -0.25) is 0 Å². The molecule has 1 nitrogen and oxygen atoms in total. The zero-order chi connectivity index (χ0) is 17.1. The molecule has 0 unspecified atom stereocenters. The van der Waals surface area contributed by atoms with Crippen LogP contribution in [-0.2, 0) is 12.5 Å². The smallest absolute Gasteiger partial charge is 0.201 e. The minimum atomic E-state index is -0.140. The summed E-state index contributed by atoms with van der Waals surface area (Å²) in [5.74, 6) is 0. The van der Waals surface area contributed by atoms with Crippen LogP contribution in [0.4, 0.5) is 0 Å². The van der Waals surface area contributed by atoms with Crippen LogP contribution in [0, 0.1) is 6.92 Å². The van der Waals surface area contributed by atoms with Crippen molar-refractivity contribution in [2.75, 3.05) is 0 Å². The van der Waals surface area contributed by atoms with Gasteiger partial charge in [0, 0.05) is 23.1 Å². The second-order valence-corrected chi connectivity index (χ2v) is 6.96. The van der Waals surface area contributed by atoms with E-state index in [9.17, 15) is 0 Å². The first kappa shape index (κ1) is 13.1. The van der Waals surface area contributed by atoms with Crippen molar-refractivity contribution in [1.29, 1.82) is 0 Å². The van der Waals surface area contributed by atoms with Gasteiger partial charge in [0.05, 0.1) is 6.93 Å². The van der Waals surface area contributed by atoms with Crippen LogP contribution in [0.15, 0.2) is 60.8 Å². The van der Waals surface area contributed by atoms with E-state index in [2.05, 4.69) is 81.0 Å². The number of nitrogens with zero attached hydrogens (tertiary/aromatic N) is 1. The number of rotatable bonds is 1. The van der Waals surface area contributed by atoms with Gasteiger partial charge < -0.3 is 0 Å². The first-order chi connectivity index (χ1) is 11.4. The summed E-state index contributed by atoms with van der Waals surface area (Å²) < 4.78 is 10.8. The Bertz CT molecular complexity index is 970. The van der Waals surface area contributed by atoms with Gasteiger partial charge >= 0.3 is 0 Å². The molecular weight excluding hydrogens is 278 g/mol. The molecule has 0 bridgehead atoms. The van der Waals surface area contributed by atoms with E-state index in [1.807, 2.05) is 6.07 Å². The Kier molecular flexibility index (Phi) is 2.72. The lowest BCUT2D eigenvalue weighted by molar-refractivity contribution is -0.660. The average molecular weight is 301 g/mol. The summed E-state index contributed by atoms with van der Waals surface area (Å²) in [7, 11) is 2.09. The molecule has 0 radical (unpaired) electrons. The Balaban J connectivity index is 2.19. The number of hydrogen-bond acceptors (Lipinski definition) is 0. The minimum Gasteiger partial charge on any atom is -0.201 e. The maximum Gasteiger partial charge on any atom is 0.213 e. The molecule has 0 aliphatic heterocycles. The van der Waals surface area contributed by atoms with Gasteiger partial charge in [-0.15, -0.1) is 0 Å². The number of aromatic nitrogens is 1. The third-order valence-corrected chi connectivity index (χ3v) is 5.13. The van der Waals surface area contributed by atoms with Crippen molar-refractivity contribution >= 4 is 0 Å². The largest absolute Gasteiger partial charge is 0.213 e. The van der Waals surface area contributed by atoms with Crippen molar-refractivity contribution in [1.82, 2.24) is 0 Å². The van der Waals surface area contributed by atoms with Crippen molar-refractivity contribution in [2.24, 2.45) is 7.05 Å². The fourth-order valence-electron chi connectivity index (χ4n) is 3.90. The van der Waals surface area contributed by atoms with Crippen LogP contribution in [0.25, 0.3) is 22.4 Å². The van der Waals surface area contributed by atoms with Gasteiger partial charge in [-0.2, -0.15) is 0 Å². The SMILES string of the molecule is [2H]c1cc(C)c(-c2cccc[n+]2C)c2c1C(C)(C)c1ccccc1-2. The molecule has 0 atom stereocenters. The van der Waals surface area contributed by atoms with Gasteiger partial charge in [-0.1, -0.05) is 50.2 Å². The highest BCUT2D eigenvalue weighted by Gasteiger charge is 2.38. The zero-order valence-electron chi connectivity index (χ0n) is 15.1. The normalized spacial score (nSPS) is 15.0. The third-order valence-electron chi connectivity index (χ3n) is 5.13. The summed E-state index contributed by atoms with van der Waals surface area (Å²) in [6, 6.07) is 17.6. The van der Waals surface area contributed by atoms with Gasteiger partial charge in [0.1, 0.15) is 7.05 Å². The molecule has 0 fully saturated rings. The third kappa shape index (κ3) is 1.89. The zero-order valence-corrected chi connectivity index (χ0v) is 14.1. The molecule has 1 heteroatoms. The van der Waals surface area contributed by atoms with Crippen molar-refractivity contribution < 1.29 is 5.94 Å². The van der Waals surface area contributed by atoms with Crippen LogP contribution in [0.5, 0.6) is 0 Å². The number of hydrogen-bond donors (Lipinski definition) is 0. The molecule has 114 valence electrons. The van der Waals surface area contributed by atoms with E-state index in [1.54, 1.807) is 0 Å².